The van der Waals surface area contributed by atoms with Gasteiger partial charge in [-0.05, 0) is 43.3 Å². The number of pyridine rings is 1. The molecule has 0 aliphatic heterocycles. The highest BCUT2D eigenvalue weighted by Crippen LogP contribution is 2.26. The third-order valence-corrected chi connectivity index (χ3v) is 3.69. The molecule has 0 fully saturated rings. The summed E-state index contributed by atoms with van der Waals surface area (Å²) in [5.41, 5.74) is 9.77. The molecule has 0 spiro atoms. The fraction of sp³-hybridized carbons (Fsp3) is 0.158. The van der Waals surface area contributed by atoms with Crippen molar-refractivity contribution in [2.45, 2.75) is 6.92 Å². The van der Waals surface area contributed by atoms with Crippen molar-refractivity contribution >= 4 is 16.7 Å². The molecule has 0 amide bonds. The maximum absolute atomic E-state index is 6.07. The highest BCUT2D eigenvalue weighted by atomic mass is 16.5. The molecule has 0 saturated carbocycles. The van der Waals surface area contributed by atoms with Gasteiger partial charge in [-0.25, -0.2) is 4.98 Å². The minimum atomic E-state index is 0.510. The SMILES string of the molecule is CCOc1ccc(-c2cc(C(N)=NC)c3ccccc3n2)cc1. The van der Waals surface area contributed by atoms with E-state index in [1.54, 1.807) is 7.05 Å². The molecule has 0 atom stereocenters. The Kier molecular flexibility index (Phi) is 4.24. The molecule has 3 aromatic rings. The predicted molar refractivity (Wildman–Crippen MR) is 95.0 cm³/mol. The quantitative estimate of drug-likeness (QED) is 0.591. The van der Waals surface area contributed by atoms with Crippen molar-refractivity contribution in [3.8, 4) is 17.0 Å². The third-order valence-electron chi connectivity index (χ3n) is 3.69. The van der Waals surface area contributed by atoms with Gasteiger partial charge in [0.05, 0.1) is 17.8 Å². The number of hydrogen-bond donors (Lipinski definition) is 1. The smallest absolute Gasteiger partial charge is 0.126 e. The first-order valence-electron chi connectivity index (χ1n) is 7.58. The summed E-state index contributed by atoms with van der Waals surface area (Å²) in [6.07, 6.45) is 0. The molecule has 116 valence electrons. The van der Waals surface area contributed by atoms with Crippen LogP contribution in [0.3, 0.4) is 0 Å². The summed E-state index contributed by atoms with van der Waals surface area (Å²) >= 11 is 0. The maximum Gasteiger partial charge on any atom is 0.126 e. The van der Waals surface area contributed by atoms with Gasteiger partial charge >= 0.3 is 0 Å². The molecule has 0 saturated heterocycles. The molecule has 0 radical (unpaired) electrons. The number of nitrogens with two attached hydrogens (primary N) is 1. The molecule has 4 heteroatoms. The van der Waals surface area contributed by atoms with Gasteiger partial charge in [-0.15, -0.1) is 0 Å². The number of rotatable bonds is 4. The normalized spacial score (nSPS) is 11.7. The van der Waals surface area contributed by atoms with Crippen LogP contribution < -0.4 is 10.5 Å². The molecule has 23 heavy (non-hydrogen) atoms. The molecule has 0 aliphatic rings. The van der Waals surface area contributed by atoms with Crippen LogP contribution in [0.5, 0.6) is 5.75 Å². The van der Waals surface area contributed by atoms with Gasteiger partial charge in [-0.2, -0.15) is 0 Å². The zero-order valence-electron chi connectivity index (χ0n) is 13.3. The van der Waals surface area contributed by atoms with Crippen LogP contribution in [0.2, 0.25) is 0 Å². The Labute approximate surface area is 135 Å². The molecule has 4 nitrogen and oxygen atoms in total. The Bertz CT molecular complexity index is 854. The van der Waals surface area contributed by atoms with Gasteiger partial charge in [0, 0.05) is 23.6 Å². The predicted octanol–water partition coefficient (Wildman–Crippen LogP) is 3.64. The third kappa shape index (κ3) is 3.01. The lowest BCUT2D eigenvalue weighted by molar-refractivity contribution is 0.340. The Morgan fingerprint density at radius 1 is 1.13 bits per heavy atom. The van der Waals surface area contributed by atoms with Crippen LogP contribution in [0.4, 0.5) is 0 Å². The van der Waals surface area contributed by atoms with Crippen molar-refractivity contribution in [1.29, 1.82) is 0 Å². The van der Waals surface area contributed by atoms with E-state index in [9.17, 15) is 0 Å². The zero-order chi connectivity index (χ0) is 16.2. The highest BCUT2D eigenvalue weighted by Gasteiger charge is 2.10. The molecule has 0 bridgehead atoms. The number of aromatic nitrogens is 1. The van der Waals surface area contributed by atoms with E-state index < -0.39 is 0 Å². The van der Waals surface area contributed by atoms with Gasteiger partial charge in [-0.3, -0.25) is 4.99 Å². The van der Waals surface area contributed by atoms with E-state index in [-0.39, 0.29) is 0 Å². The van der Waals surface area contributed by atoms with Crippen molar-refractivity contribution in [2.24, 2.45) is 10.7 Å². The molecular weight excluding hydrogens is 286 g/mol. The van der Waals surface area contributed by atoms with Crippen LogP contribution in [-0.4, -0.2) is 24.5 Å². The summed E-state index contributed by atoms with van der Waals surface area (Å²) in [5.74, 6) is 1.36. The van der Waals surface area contributed by atoms with Gasteiger partial charge in [0.25, 0.3) is 0 Å². The largest absolute Gasteiger partial charge is 0.494 e. The summed E-state index contributed by atoms with van der Waals surface area (Å²) in [7, 11) is 1.70. The van der Waals surface area contributed by atoms with Crippen molar-refractivity contribution in [3.63, 3.8) is 0 Å². The van der Waals surface area contributed by atoms with Crippen molar-refractivity contribution in [3.05, 3.63) is 60.2 Å². The second-order valence-corrected chi connectivity index (χ2v) is 5.14. The van der Waals surface area contributed by atoms with Crippen LogP contribution in [0.1, 0.15) is 12.5 Å². The number of ether oxygens (including phenoxy) is 1. The van der Waals surface area contributed by atoms with Gasteiger partial charge in [-0.1, -0.05) is 18.2 Å². The number of amidine groups is 1. The number of fused-ring (bicyclic) bond motifs is 1. The summed E-state index contributed by atoms with van der Waals surface area (Å²) in [6, 6.07) is 17.8. The van der Waals surface area contributed by atoms with Crippen LogP contribution in [0.25, 0.3) is 22.2 Å². The fourth-order valence-corrected chi connectivity index (χ4v) is 2.54. The van der Waals surface area contributed by atoms with Crippen LogP contribution in [0, 0.1) is 0 Å². The number of aliphatic imine (C=N–C) groups is 1. The van der Waals surface area contributed by atoms with Crippen molar-refractivity contribution in [2.75, 3.05) is 13.7 Å². The van der Waals surface area contributed by atoms with E-state index in [4.69, 9.17) is 15.5 Å². The lowest BCUT2D eigenvalue weighted by atomic mass is 10.0. The van der Waals surface area contributed by atoms with E-state index >= 15 is 0 Å². The molecule has 0 aliphatic carbocycles. The standard InChI is InChI=1S/C19H19N3O/c1-3-23-14-10-8-13(9-11-14)18-12-16(19(20)21-2)15-6-4-5-7-17(15)22-18/h4-12H,3H2,1-2H3,(H2,20,21). The number of para-hydroxylation sites is 1. The topological polar surface area (TPSA) is 60.5 Å². The minimum absolute atomic E-state index is 0.510. The molecule has 1 aromatic heterocycles. The second-order valence-electron chi connectivity index (χ2n) is 5.14. The van der Waals surface area contributed by atoms with E-state index in [2.05, 4.69) is 4.99 Å². The number of nitrogens with zero attached hydrogens (tertiary/aromatic N) is 2. The summed E-state index contributed by atoms with van der Waals surface area (Å²) in [6.45, 7) is 2.62. The highest BCUT2D eigenvalue weighted by molar-refractivity contribution is 6.09. The van der Waals surface area contributed by atoms with Crippen LogP contribution >= 0.6 is 0 Å². The van der Waals surface area contributed by atoms with Gasteiger partial charge in [0.1, 0.15) is 11.6 Å². The fourth-order valence-electron chi connectivity index (χ4n) is 2.54. The molecule has 1 heterocycles. The molecular formula is C19H19N3O. The average Bonchev–Trinajstić information content (AvgIpc) is 2.61. The average molecular weight is 305 g/mol. The molecule has 2 aromatic carbocycles. The second kappa shape index (κ2) is 6.48. The van der Waals surface area contributed by atoms with E-state index in [1.807, 2.05) is 61.5 Å². The number of hydrogen-bond acceptors (Lipinski definition) is 3. The molecule has 2 N–H and O–H groups in total. The Morgan fingerprint density at radius 2 is 1.87 bits per heavy atom. The van der Waals surface area contributed by atoms with E-state index in [1.165, 1.54) is 0 Å². The summed E-state index contributed by atoms with van der Waals surface area (Å²) < 4.78 is 5.49. The van der Waals surface area contributed by atoms with Crippen LogP contribution in [-0.2, 0) is 0 Å². The Balaban J connectivity index is 2.14. The van der Waals surface area contributed by atoms with Gasteiger partial charge < -0.3 is 10.5 Å². The van der Waals surface area contributed by atoms with E-state index in [0.29, 0.717) is 12.4 Å². The maximum atomic E-state index is 6.07. The van der Waals surface area contributed by atoms with Crippen molar-refractivity contribution < 1.29 is 4.74 Å². The first-order chi connectivity index (χ1) is 11.2. The molecule has 0 unspecified atom stereocenters. The monoisotopic (exact) mass is 305 g/mol. The lowest BCUT2D eigenvalue weighted by Crippen LogP contribution is -2.14. The van der Waals surface area contributed by atoms with Gasteiger partial charge in [0.15, 0.2) is 0 Å². The minimum Gasteiger partial charge on any atom is -0.494 e. The first-order valence-corrected chi connectivity index (χ1v) is 7.58. The number of benzene rings is 2. The Morgan fingerprint density at radius 3 is 2.57 bits per heavy atom. The van der Waals surface area contributed by atoms with Crippen LogP contribution in [0.15, 0.2) is 59.6 Å². The van der Waals surface area contributed by atoms with E-state index in [0.717, 1.165) is 33.5 Å². The summed E-state index contributed by atoms with van der Waals surface area (Å²) in [5, 5.41) is 1.00. The first kappa shape index (κ1) is 15.0. The summed E-state index contributed by atoms with van der Waals surface area (Å²) in [4.78, 5) is 8.88. The lowest BCUT2D eigenvalue weighted by Gasteiger charge is -2.10. The van der Waals surface area contributed by atoms with Gasteiger partial charge in [0.2, 0.25) is 0 Å². The van der Waals surface area contributed by atoms with Crippen molar-refractivity contribution in [1.82, 2.24) is 4.98 Å². The molecule has 3 rings (SSSR count). The Hall–Kier alpha value is -2.88. The zero-order valence-corrected chi connectivity index (χ0v) is 13.3.